The molecular formula is C16H23Cl2NO. The van der Waals surface area contributed by atoms with Crippen molar-refractivity contribution >= 4 is 23.2 Å². The molecule has 112 valence electrons. The minimum atomic E-state index is 0.192. The second-order valence-electron chi connectivity index (χ2n) is 6.02. The molecule has 0 spiro atoms. The summed E-state index contributed by atoms with van der Waals surface area (Å²) in [6, 6.07) is 6.23. The molecule has 1 heterocycles. The van der Waals surface area contributed by atoms with Crippen molar-refractivity contribution < 1.29 is 4.74 Å². The number of benzene rings is 1. The van der Waals surface area contributed by atoms with Crippen molar-refractivity contribution in [2.24, 2.45) is 5.41 Å². The van der Waals surface area contributed by atoms with Crippen molar-refractivity contribution in [3.63, 3.8) is 0 Å². The van der Waals surface area contributed by atoms with E-state index in [1.165, 1.54) is 0 Å². The molecule has 1 fully saturated rings. The molecule has 0 saturated carbocycles. The van der Waals surface area contributed by atoms with Crippen LogP contribution in [0.25, 0.3) is 0 Å². The molecule has 1 saturated heterocycles. The van der Waals surface area contributed by atoms with Gasteiger partial charge >= 0.3 is 0 Å². The van der Waals surface area contributed by atoms with E-state index in [0.29, 0.717) is 6.04 Å². The summed E-state index contributed by atoms with van der Waals surface area (Å²) in [5, 5.41) is 5.12. The van der Waals surface area contributed by atoms with Crippen molar-refractivity contribution in [2.75, 3.05) is 19.8 Å². The molecule has 1 aliphatic heterocycles. The highest BCUT2D eigenvalue weighted by Gasteiger charge is 2.33. The number of ether oxygens (including phenoxy) is 1. The number of nitrogens with one attached hydrogen (secondary N) is 1. The van der Waals surface area contributed by atoms with Gasteiger partial charge in [0.25, 0.3) is 0 Å². The van der Waals surface area contributed by atoms with Gasteiger partial charge < -0.3 is 10.1 Å². The van der Waals surface area contributed by atoms with Crippen LogP contribution < -0.4 is 5.32 Å². The standard InChI is InChI=1S/C16H23Cl2NO/c1-12(2)19-11-16(6-8-20-9-7-16)10-13-14(17)4-3-5-15(13)18/h3-5,12,19H,6-11H2,1-2H3. The Balaban J connectivity index is 2.18. The molecule has 1 aromatic carbocycles. The molecule has 1 N–H and O–H groups in total. The first-order valence-electron chi connectivity index (χ1n) is 7.26. The smallest absolute Gasteiger partial charge is 0.0471 e. The first kappa shape index (κ1) is 16.1. The second kappa shape index (κ2) is 7.13. The minimum Gasteiger partial charge on any atom is -0.381 e. The number of halogens is 2. The van der Waals surface area contributed by atoms with Crippen LogP contribution in [0.5, 0.6) is 0 Å². The van der Waals surface area contributed by atoms with E-state index in [1.54, 1.807) is 0 Å². The van der Waals surface area contributed by atoms with E-state index < -0.39 is 0 Å². The van der Waals surface area contributed by atoms with E-state index in [-0.39, 0.29) is 5.41 Å². The van der Waals surface area contributed by atoms with Crippen LogP contribution in [0.4, 0.5) is 0 Å². The van der Waals surface area contributed by atoms with Crippen LogP contribution in [0.1, 0.15) is 32.3 Å². The molecule has 2 nitrogen and oxygen atoms in total. The lowest BCUT2D eigenvalue weighted by atomic mass is 9.75. The average molecular weight is 316 g/mol. The first-order chi connectivity index (χ1) is 9.52. The zero-order valence-electron chi connectivity index (χ0n) is 12.2. The summed E-state index contributed by atoms with van der Waals surface area (Å²) in [4.78, 5) is 0. The van der Waals surface area contributed by atoms with Crippen molar-refractivity contribution in [1.29, 1.82) is 0 Å². The fourth-order valence-electron chi connectivity index (χ4n) is 2.72. The molecule has 0 radical (unpaired) electrons. The van der Waals surface area contributed by atoms with Crippen LogP contribution in [0.3, 0.4) is 0 Å². The summed E-state index contributed by atoms with van der Waals surface area (Å²) >= 11 is 12.7. The maximum Gasteiger partial charge on any atom is 0.0471 e. The van der Waals surface area contributed by atoms with Gasteiger partial charge in [-0.3, -0.25) is 0 Å². The molecular weight excluding hydrogens is 293 g/mol. The Bertz CT molecular complexity index is 422. The van der Waals surface area contributed by atoms with Gasteiger partial charge in [0.1, 0.15) is 0 Å². The van der Waals surface area contributed by atoms with E-state index in [2.05, 4.69) is 19.2 Å². The Labute approximate surface area is 131 Å². The Morgan fingerprint density at radius 1 is 1.20 bits per heavy atom. The third kappa shape index (κ3) is 4.11. The quantitative estimate of drug-likeness (QED) is 0.873. The molecule has 0 aliphatic carbocycles. The summed E-state index contributed by atoms with van der Waals surface area (Å²) in [6.07, 6.45) is 3.01. The lowest BCUT2D eigenvalue weighted by Gasteiger charge is -2.38. The predicted molar refractivity (Wildman–Crippen MR) is 85.8 cm³/mol. The van der Waals surface area contributed by atoms with E-state index in [1.807, 2.05) is 18.2 Å². The largest absolute Gasteiger partial charge is 0.381 e. The summed E-state index contributed by atoms with van der Waals surface area (Å²) < 4.78 is 5.54. The lowest BCUT2D eigenvalue weighted by Crippen LogP contribution is -2.43. The Kier molecular flexibility index (Phi) is 5.74. The summed E-state index contributed by atoms with van der Waals surface area (Å²) in [6.45, 7) is 6.98. The average Bonchev–Trinajstić information content (AvgIpc) is 2.42. The summed E-state index contributed by atoms with van der Waals surface area (Å²) in [5.41, 5.74) is 1.26. The Morgan fingerprint density at radius 2 is 1.80 bits per heavy atom. The van der Waals surface area contributed by atoms with Crippen LogP contribution in [-0.2, 0) is 11.2 Å². The van der Waals surface area contributed by atoms with E-state index in [9.17, 15) is 0 Å². The predicted octanol–water partition coefficient (Wildman–Crippen LogP) is 4.33. The van der Waals surface area contributed by atoms with E-state index >= 15 is 0 Å². The molecule has 0 amide bonds. The van der Waals surface area contributed by atoms with Gasteiger partial charge in [-0.15, -0.1) is 0 Å². The van der Waals surface area contributed by atoms with Crippen molar-refractivity contribution in [1.82, 2.24) is 5.32 Å². The monoisotopic (exact) mass is 315 g/mol. The maximum absolute atomic E-state index is 6.34. The van der Waals surface area contributed by atoms with Gasteiger partial charge in [-0.25, -0.2) is 0 Å². The third-order valence-electron chi connectivity index (χ3n) is 4.05. The zero-order valence-corrected chi connectivity index (χ0v) is 13.7. The highest BCUT2D eigenvalue weighted by atomic mass is 35.5. The molecule has 0 atom stereocenters. The number of hydrogen-bond donors (Lipinski definition) is 1. The fraction of sp³-hybridized carbons (Fsp3) is 0.625. The van der Waals surface area contributed by atoms with Gasteiger partial charge in [0, 0.05) is 35.8 Å². The van der Waals surface area contributed by atoms with Crippen molar-refractivity contribution in [2.45, 2.75) is 39.2 Å². The fourth-order valence-corrected chi connectivity index (χ4v) is 3.25. The Hall–Kier alpha value is -0.280. The number of rotatable bonds is 5. The van der Waals surface area contributed by atoms with E-state index in [0.717, 1.165) is 54.6 Å². The van der Waals surface area contributed by atoms with Crippen molar-refractivity contribution in [3.8, 4) is 0 Å². The summed E-state index contributed by atoms with van der Waals surface area (Å²) in [7, 11) is 0. The van der Waals surface area contributed by atoms with Gasteiger partial charge in [-0.2, -0.15) is 0 Å². The van der Waals surface area contributed by atoms with Crippen LogP contribution in [0.2, 0.25) is 10.0 Å². The molecule has 1 aromatic rings. The second-order valence-corrected chi connectivity index (χ2v) is 6.84. The highest BCUT2D eigenvalue weighted by Crippen LogP contribution is 2.38. The molecule has 2 rings (SSSR count). The van der Waals surface area contributed by atoms with Crippen LogP contribution in [-0.4, -0.2) is 25.8 Å². The Morgan fingerprint density at radius 3 is 2.35 bits per heavy atom. The molecule has 1 aliphatic rings. The van der Waals surface area contributed by atoms with Gasteiger partial charge in [-0.05, 0) is 42.4 Å². The van der Waals surface area contributed by atoms with Crippen LogP contribution in [0.15, 0.2) is 18.2 Å². The first-order valence-corrected chi connectivity index (χ1v) is 8.02. The van der Waals surface area contributed by atoms with Gasteiger partial charge in [-0.1, -0.05) is 43.1 Å². The molecule has 0 unspecified atom stereocenters. The van der Waals surface area contributed by atoms with Crippen LogP contribution in [0, 0.1) is 5.41 Å². The SMILES string of the molecule is CC(C)NCC1(Cc2c(Cl)cccc2Cl)CCOCC1. The zero-order chi connectivity index (χ0) is 14.6. The molecule has 0 aromatic heterocycles. The topological polar surface area (TPSA) is 21.3 Å². The van der Waals surface area contributed by atoms with Gasteiger partial charge in [0.05, 0.1) is 0 Å². The molecule has 20 heavy (non-hydrogen) atoms. The highest BCUT2D eigenvalue weighted by molar-refractivity contribution is 6.36. The van der Waals surface area contributed by atoms with Gasteiger partial charge in [0.15, 0.2) is 0 Å². The van der Waals surface area contributed by atoms with Crippen molar-refractivity contribution in [3.05, 3.63) is 33.8 Å². The van der Waals surface area contributed by atoms with Gasteiger partial charge in [0.2, 0.25) is 0 Å². The minimum absolute atomic E-state index is 0.192. The molecule has 4 heteroatoms. The molecule has 0 bridgehead atoms. The van der Waals surface area contributed by atoms with E-state index in [4.69, 9.17) is 27.9 Å². The van der Waals surface area contributed by atoms with Crippen LogP contribution >= 0.6 is 23.2 Å². The number of hydrogen-bond acceptors (Lipinski definition) is 2. The third-order valence-corrected chi connectivity index (χ3v) is 4.76. The maximum atomic E-state index is 6.34. The lowest BCUT2D eigenvalue weighted by molar-refractivity contribution is 0.0141. The normalized spacial score (nSPS) is 18.4. The summed E-state index contributed by atoms with van der Waals surface area (Å²) in [5.74, 6) is 0.